The van der Waals surface area contributed by atoms with Gasteiger partial charge in [-0.25, -0.2) is 0 Å². The fourth-order valence-electron chi connectivity index (χ4n) is 2.12. The zero-order valence-electron chi connectivity index (χ0n) is 10.1. The Bertz CT molecular complexity index is 426. The smallest absolute Gasteiger partial charge is 0.255 e. The van der Waals surface area contributed by atoms with Crippen LogP contribution >= 0.6 is 0 Å². The van der Waals surface area contributed by atoms with Gasteiger partial charge < -0.3 is 20.8 Å². The summed E-state index contributed by atoms with van der Waals surface area (Å²) in [5.41, 5.74) is 0.192. The highest BCUT2D eigenvalue weighted by Gasteiger charge is 2.17. The molecule has 4 N–H and O–H groups in total. The van der Waals surface area contributed by atoms with Crippen molar-refractivity contribution >= 4 is 5.91 Å². The third kappa shape index (κ3) is 3.13. The van der Waals surface area contributed by atoms with Gasteiger partial charge in [0.05, 0.1) is 5.56 Å². The Morgan fingerprint density at radius 2 is 2.17 bits per heavy atom. The van der Waals surface area contributed by atoms with Crippen molar-refractivity contribution in [2.75, 3.05) is 13.1 Å². The molecule has 1 unspecified atom stereocenters. The summed E-state index contributed by atoms with van der Waals surface area (Å²) in [6.07, 6.45) is 3.15. The average molecular weight is 250 g/mol. The largest absolute Gasteiger partial charge is 0.508 e. The Labute approximate surface area is 106 Å². The van der Waals surface area contributed by atoms with Crippen molar-refractivity contribution in [3.8, 4) is 11.5 Å². The van der Waals surface area contributed by atoms with Crippen LogP contribution < -0.4 is 10.6 Å². The van der Waals surface area contributed by atoms with Gasteiger partial charge in [-0.05, 0) is 31.5 Å². The minimum absolute atomic E-state index is 0.0554. The molecule has 1 heterocycles. The molecule has 0 aromatic heterocycles. The molecule has 5 heteroatoms. The van der Waals surface area contributed by atoms with Crippen LogP contribution in [0.5, 0.6) is 11.5 Å². The van der Waals surface area contributed by atoms with Gasteiger partial charge in [0.1, 0.15) is 11.5 Å². The van der Waals surface area contributed by atoms with E-state index in [1.807, 2.05) is 0 Å². The molecular weight excluding hydrogens is 232 g/mol. The summed E-state index contributed by atoms with van der Waals surface area (Å²) >= 11 is 0. The van der Waals surface area contributed by atoms with Crippen LogP contribution in [0.3, 0.4) is 0 Å². The minimum Gasteiger partial charge on any atom is -0.508 e. The van der Waals surface area contributed by atoms with Gasteiger partial charge in [-0.3, -0.25) is 4.79 Å². The molecule has 98 valence electrons. The predicted octanol–water partition coefficient (Wildman–Crippen LogP) is 0.970. The number of hydrogen-bond acceptors (Lipinski definition) is 4. The highest BCUT2D eigenvalue weighted by atomic mass is 16.3. The van der Waals surface area contributed by atoms with E-state index in [1.54, 1.807) is 0 Å². The van der Waals surface area contributed by atoms with E-state index in [1.165, 1.54) is 18.2 Å². The second-order valence-electron chi connectivity index (χ2n) is 4.57. The van der Waals surface area contributed by atoms with Crippen LogP contribution in [-0.2, 0) is 0 Å². The van der Waals surface area contributed by atoms with Crippen molar-refractivity contribution in [2.24, 2.45) is 0 Å². The monoisotopic (exact) mass is 250 g/mol. The molecule has 1 aromatic rings. The summed E-state index contributed by atoms with van der Waals surface area (Å²) in [4.78, 5) is 12.0. The number of phenolic OH excluding ortho intramolecular Hbond substituents is 2. The first-order valence-corrected chi connectivity index (χ1v) is 6.20. The normalized spacial score (nSPS) is 20.1. The first-order valence-electron chi connectivity index (χ1n) is 6.20. The highest BCUT2D eigenvalue weighted by Crippen LogP contribution is 2.22. The van der Waals surface area contributed by atoms with Crippen LogP contribution in [0.25, 0.3) is 0 Å². The number of rotatable bonds is 2. The average Bonchev–Trinajstić information content (AvgIpc) is 2.57. The van der Waals surface area contributed by atoms with E-state index >= 15 is 0 Å². The molecule has 0 saturated carbocycles. The summed E-state index contributed by atoms with van der Waals surface area (Å²) < 4.78 is 0. The van der Waals surface area contributed by atoms with E-state index in [0.717, 1.165) is 32.4 Å². The third-order valence-electron chi connectivity index (χ3n) is 3.11. The van der Waals surface area contributed by atoms with Gasteiger partial charge in [-0.1, -0.05) is 6.42 Å². The van der Waals surface area contributed by atoms with Crippen molar-refractivity contribution in [3.05, 3.63) is 23.8 Å². The molecule has 0 spiro atoms. The van der Waals surface area contributed by atoms with Crippen LogP contribution in [0.15, 0.2) is 18.2 Å². The van der Waals surface area contributed by atoms with Gasteiger partial charge in [0.25, 0.3) is 5.91 Å². The van der Waals surface area contributed by atoms with Gasteiger partial charge in [-0.2, -0.15) is 0 Å². The van der Waals surface area contributed by atoms with E-state index in [4.69, 9.17) is 0 Å². The lowest BCUT2D eigenvalue weighted by molar-refractivity contribution is 0.0933. The van der Waals surface area contributed by atoms with Crippen LogP contribution in [0.4, 0.5) is 0 Å². The first kappa shape index (κ1) is 12.7. The topological polar surface area (TPSA) is 81.6 Å². The molecule has 0 aliphatic carbocycles. The third-order valence-corrected chi connectivity index (χ3v) is 3.11. The van der Waals surface area contributed by atoms with E-state index in [2.05, 4.69) is 10.6 Å². The molecule has 1 aliphatic heterocycles. The zero-order chi connectivity index (χ0) is 13.0. The molecule has 0 bridgehead atoms. The number of nitrogens with one attached hydrogen (secondary N) is 2. The lowest BCUT2D eigenvalue weighted by atomic mass is 10.1. The number of amides is 1. The summed E-state index contributed by atoms with van der Waals surface area (Å²) in [5, 5.41) is 24.9. The Kier molecular flexibility index (Phi) is 4.04. The van der Waals surface area contributed by atoms with Crippen LogP contribution in [0.2, 0.25) is 0 Å². The van der Waals surface area contributed by atoms with E-state index < -0.39 is 0 Å². The number of aromatic hydroxyl groups is 2. The fraction of sp³-hybridized carbons (Fsp3) is 0.462. The summed E-state index contributed by atoms with van der Waals surface area (Å²) in [6, 6.07) is 4.07. The van der Waals surface area contributed by atoms with Crippen LogP contribution in [-0.4, -0.2) is 35.3 Å². The van der Waals surface area contributed by atoms with Crippen molar-refractivity contribution in [1.82, 2.24) is 10.6 Å². The molecule has 1 aliphatic rings. The van der Waals surface area contributed by atoms with Crippen molar-refractivity contribution < 1.29 is 15.0 Å². The van der Waals surface area contributed by atoms with E-state index in [9.17, 15) is 15.0 Å². The summed E-state index contributed by atoms with van der Waals surface area (Å²) in [6.45, 7) is 1.74. The number of carbonyl (C=O) groups excluding carboxylic acids is 1. The summed E-state index contributed by atoms with van der Waals surface area (Å²) in [5.74, 6) is -0.560. The van der Waals surface area contributed by atoms with Crippen molar-refractivity contribution in [3.63, 3.8) is 0 Å². The maximum absolute atomic E-state index is 12.0. The van der Waals surface area contributed by atoms with Crippen molar-refractivity contribution in [1.29, 1.82) is 0 Å². The lowest BCUT2D eigenvalue weighted by Crippen LogP contribution is -2.40. The molecule has 18 heavy (non-hydrogen) atoms. The molecule has 1 saturated heterocycles. The first-order chi connectivity index (χ1) is 8.66. The maximum Gasteiger partial charge on any atom is 0.255 e. The zero-order valence-corrected chi connectivity index (χ0v) is 10.1. The Morgan fingerprint density at radius 3 is 2.94 bits per heavy atom. The number of carbonyl (C=O) groups is 1. The molecule has 5 nitrogen and oxygen atoms in total. The summed E-state index contributed by atoms with van der Waals surface area (Å²) in [7, 11) is 0. The SMILES string of the molecule is O=C(NC1CCCCNC1)c1ccc(O)cc1O. The minimum atomic E-state index is -0.304. The second-order valence-corrected chi connectivity index (χ2v) is 4.57. The fourth-order valence-corrected chi connectivity index (χ4v) is 2.12. The Balaban J connectivity index is 2.02. The molecule has 0 radical (unpaired) electrons. The van der Waals surface area contributed by atoms with E-state index in [-0.39, 0.29) is 29.0 Å². The van der Waals surface area contributed by atoms with Gasteiger partial charge in [0, 0.05) is 18.7 Å². The maximum atomic E-state index is 12.0. The van der Waals surface area contributed by atoms with Gasteiger partial charge >= 0.3 is 0 Å². The second kappa shape index (κ2) is 5.73. The number of phenols is 2. The Hall–Kier alpha value is -1.75. The van der Waals surface area contributed by atoms with Crippen LogP contribution in [0.1, 0.15) is 29.6 Å². The Morgan fingerprint density at radius 1 is 1.33 bits per heavy atom. The van der Waals surface area contributed by atoms with Crippen LogP contribution in [0, 0.1) is 0 Å². The van der Waals surface area contributed by atoms with Gasteiger partial charge in [0.15, 0.2) is 0 Å². The number of hydrogen-bond donors (Lipinski definition) is 4. The van der Waals surface area contributed by atoms with Crippen molar-refractivity contribution in [2.45, 2.75) is 25.3 Å². The standard InChI is InChI=1S/C13H18N2O3/c16-10-4-5-11(12(17)7-10)13(18)15-9-3-1-2-6-14-8-9/h4-5,7,9,14,16-17H,1-3,6,8H2,(H,15,18). The number of benzene rings is 1. The predicted molar refractivity (Wildman–Crippen MR) is 67.7 cm³/mol. The molecular formula is C13H18N2O3. The highest BCUT2D eigenvalue weighted by molar-refractivity contribution is 5.97. The molecule has 1 aromatic carbocycles. The molecule has 1 amide bonds. The lowest BCUT2D eigenvalue weighted by Gasteiger charge is -2.16. The molecule has 1 fully saturated rings. The molecule has 1 atom stereocenters. The van der Waals surface area contributed by atoms with Gasteiger partial charge in [0.2, 0.25) is 0 Å². The van der Waals surface area contributed by atoms with E-state index in [0.29, 0.717) is 0 Å². The quantitative estimate of drug-likeness (QED) is 0.630. The molecule has 2 rings (SSSR count). The van der Waals surface area contributed by atoms with Gasteiger partial charge in [-0.15, -0.1) is 0 Å².